The Morgan fingerprint density at radius 3 is 2.65 bits per heavy atom. The second-order valence-electron chi connectivity index (χ2n) is 6.74. The minimum Gasteiger partial charge on any atom is -0.306 e. The Kier molecular flexibility index (Phi) is 5.12. The summed E-state index contributed by atoms with van der Waals surface area (Å²) in [5, 5.41) is 3.74. The number of hydrogen-bond acceptors (Lipinski definition) is 1. The SMILES string of the molecule is CCCc1ccccc1C(NCC1CC1)c1ccc(F)c(C)c1. The van der Waals surface area contributed by atoms with Crippen LogP contribution in [0, 0.1) is 18.7 Å². The third-order valence-corrected chi connectivity index (χ3v) is 4.71. The average Bonchev–Trinajstić information content (AvgIpc) is 3.37. The molecular weight excluding hydrogens is 285 g/mol. The predicted octanol–water partition coefficient (Wildman–Crippen LogP) is 5.18. The highest BCUT2D eigenvalue weighted by atomic mass is 19.1. The number of rotatable bonds is 7. The van der Waals surface area contributed by atoms with Crippen LogP contribution in [0.5, 0.6) is 0 Å². The highest BCUT2D eigenvalue weighted by Gasteiger charge is 2.24. The molecule has 0 amide bonds. The fourth-order valence-electron chi connectivity index (χ4n) is 3.17. The lowest BCUT2D eigenvalue weighted by atomic mass is 9.91. The lowest BCUT2D eigenvalue weighted by molar-refractivity contribution is 0.565. The Morgan fingerprint density at radius 2 is 1.96 bits per heavy atom. The Hall–Kier alpha value is -1.67. The van der Waals surface area contributed by atoms with E-state index in [1.54, 1.807) is 6.07 Å². The van der Waals surface area contributed by atoms with Gasteiger partial charge in [-0.15, -0.1) is 0 Å². The van der Waals surface area contributed by atoms with E-state index in [1.165, 1.54) is 24.0 Å². The van der Waals surface area contributed by atoms with E-state index in [4.69, 9.17) is 0 Å². The van der Waals surface area contributed by atoms with E-state index in [1.807, 2.05) is 19.1 Å². The molecular formula is C21H26FN. The first kappa shape index (κ1) is 16.2. The molecule has 1 N–H and O–H groups in total. The molecule has 23 heavy (non-hydrogen) atoms. The lowest BCUT2D eigenvalue weighted by Gasteiger charge is -2.23. The molecule has 1 nitrogen and oxygen atoms in total. The zero-order valence-electron chi connectivity index (χ0n) is 14.1. The van der Waals surface area contributed by atoms with Gasteiger partial charge < -0.3 is 5.32 Å². The predicted molar refractivity (Wildman–Crippen MR) is 94.1 cm³/mol. The summed E-state index contributed by atoms with van der Waals surface area (Å²) < 4.78 is 13.7. The van der Waals surface area contributed by atoms with Gasteiger partial charge in [-0.1, -0.05) is 49.7 Å². The number of hydrogen-bond donors (Lipinski definition) is 1. The topological polar surface area (TPSA) is 12.0 Å². The Bertz CT molecular complexity index is 661. The fraction of sp³-hybridized carbons (Fsp3) is 0.429. The third kappa shape index (κ3) is 4.00. The second-order valence-corrected chi connectivity index (χ2v) is 6.74. The van der Waals surface area contributed by atoms with E-state index in [9.17, 15) is 4.39 Å². The Labute approximate surface area is 138 Å². The van der Waals surface area contributed by atoms with Crippen molar-refractivity contribution < 1.29 is 4.39 Å². The van der Waals surface area contributed by atoms with Gasteiger partial charge in [0, 0.05) is 0 Å². The van der Waals surface area contributed by atoms with Crippen molar-refractivity contribution in [2.75, 3.05) is 6.54 Å². The zero-order valence-corrected chi connectivity index (χ0v) is 14.1. The summed E-state index contributed by atoms with van der Waals surface area (Å²) in [6, 6.07) is 14.3. The smallest absolute Gasteiger partial charge is 0.126 e. The van der Waals surface area contributed by atoms with Gasteiger partial charge in [0.05, 0.1) is 6.04 Å². The quantitative estimate of drug-likeness (QED) is 0.743. The monoisotopic (exact) mass is 311 g/mol. The van der Waals surface area contributed by atoms with Crippen LogP contribution in [0.2, 0.25) is 0 Å². The summed E-state index contributed by atoms with van der Waals surface area (Å²) in [5.41, 5.74) is 4.60. The molecule has 0 radical (unpaired) electrons. The molecule has 1 aliphatic rings. The molecule has 2 aromatic carbocycles. The Balaban J connectivity index is 1.95. The first-order chi connectivity index (χ1) is 11.2. The van der Waals surface area contributed by atoms with E-state index in [-0.39, 0.29) is 11.9 Å². The van der Waals surface area contributed by atoms with E-state index in [0.717, 1.165) is 30.9 Å². The summed E-state index contributed by atoms with van der Waals surface area (Å²) in [4.78, 5) is 0. The van der Waals surface area contributed by atoms with Crippen molar-refractivity contribution in [2.24, 2.45) is 5.92 Å². The van der Waals surface area contributed by atoms with Gasteiger partial charge in [0.25, 0.3) is 0 Å². The maximum absolute atomic E-state index is 13.7. The standard InChI is InChI=1S/C21H26FN/c1-3-6-17-7-4-5-8-19(17)21(23-14-16-9-10-16)18-11-12-20(22)15(2)13-18/h4-5,7-8,11-13,16,21,23H,3,6,9-10,14H2,1-2H3. The van der Waals surface area contributed by atoms with Crippen molar-refractivity contribution in [2.45, 2.75) is 45.6 Å². The molecule has 1 aliphatic carbocycles. The molecule has 0 saturated heterocycles. The molecule has 2 heteroatoms. The van der Waals surface area contributed by atoms with Gasteiger partial charge in [-0.3, -0.25) is 0 Å². The molecule has 122 valence electrons. The first-order valence-electron chi connectivity index (χ1n) is 8.76. The molecule has 0 aliphatic heterocycles. The molecule has 1 unspecified atom stereocenters. The van der Waals surface area contributed by atoms with E-state index in [2.05, 4.69) is 36.5 Å². The first-order valence-corrected chi connectivity index (χ1v) is 8.76. The van der Waals surface area contributed by atoms with E-state index >= 15 is 0 Å². The lowest BCUT2D eigenvalue weighted by Crippen LogP contribution is -2.25. The van der Waals surface area contributed by atoms with Crippen LogP contribution >= 0.6 is 0 Å². The molecule has 0 heterocycles. The van der Waals surface area contributed by atoms with Crippen molar-refractivity contribution in [1.29, 1.82) is 0 Å². The number of nitrogens with one attached hydrogen (secondary N) is 1. The zero-order chi connectivity index (χ0) is 16.2. The molecule has 1 saturated carbocycles. The summed E-state index contributed by atoms with van der Waals surface area (Å²) in [6.45, 7) is 5.10. The fourth-order valence-corrected chi connectivity index (χ4v) is 3.17. The minimum absolute atomic E-state index is 0.128. The van der Waals surface area contributed by atoms with Gasteiger partial charge in [-0.25, -0.2) is 4.39 Å². The van der Waals surface area contributed by atoms with Crippen LogP contribution in [0.4, 0.5) is 4.39 Å². The van der Waals surface area contributed by atoms with E-state index < -0.39 is 0 Å². The van der Waals surface area contributed by atoms with Gasteiger partial charge in [0.2, 0.25) is 0 Å². The van der Waals surface area contributed by atoms with Crippen LogP contribution in [0.15, 0.2) is 42.5 Å². The summed E-state index contributed by atoms with van der Waals surface area (Å²) in [6.07, 6.45) is 4.88. The molecule has 0 aromatic heterocycles. The van der Waals surface area contributed by atoms with Crippen molar-refractivity contribution in [1.82, 2.24) is 5.32 Å². The third-order valence-electron chi connectivity index (χ3n) is 4.71. The van der Waals surface area contributed by atoms with Crippen LogP contribution in [-0.2, 0) is 6.42 Å². The van der Waals surface area contributed by atoms with Crippen molar-refractivity contribution >= 4 is 0 Å². The van der Waals surface area contributed by atoms with Gasteiger partial charge >= 0.3 is 0 Å². The molecule has 1 fully saturated rings. The normalized spacial score (nSPS) is 15.6. The second kappa shape index (κ2) is 7.27. The van der Waals surface area contributed by atoms with Crippen molar-refractivity contribution in [3.05, 3.63) is 70.5 Å². The highest BCUT2D eigenvalue weighted by Crippen LogP contribution is 2.31. The minimum atomic E-state index is -0.128. The van der Waals surface area contributed by atoms with Crippen molar-refractivity contribution in [3.8, 4) is 0 Å². The van der Waals surface area contributed by atoms with Gasteiger partial charge in [-0.2, -0.15) is 0 Å². The summed E-state index contributed by atoms with van der Waals surface area (Å²) >= 11 is 0. The van der Waals surface area contributed by atoms with E-state index in [0.29, 0.717) is 5.56 Å². The van der Waals surface area contributed by atoms with Crippen LogP contribution in [0.1, 0.15) is 54.5 Å². The highest BCUT2D eigenvalue weighted by molar-refractivity contribution is 5.39. The molecule has 0 spiro atoms. The largest absolute Gasteiger partial charge is 0.306 e. The van der Waals surface area contributed by atoms with Gasteiger partial charge in [0.15, 0.2) is 0 Å². The van der Waals surface area contributed by atoms with Crippen LogP contribution in [-0.4, -0.2) is 6.54 Å². The van der Waals surface area contributed by atoms with Crippen molar-refractivity contribution in [3.63, 3.8) is 0 Å². The summed E-state index contributed by atoms with van der Waals surface area (Å²) in [5.74, 6) is 0.689. The Morgan fingerprint density at radius 1 is 1.17 bits per heavy atom. The maximum Gasteiger partial charge on any atom is 0.126 e. The van der Waals surface area contributed by atoms with Crippen LogP contribution in [0.25, 0.3) is 0 Å². The van der Waals surface area contributed by atoms with Gasteiger partial charge in [-0.05, 0) is 67.0 Å². The summed E-state index contributed by atoms with van der Waals surface area (Å²) in [7, 11) is 0. The molecule has 3 rings (SSSR count). The molecule has 1 atom stereocenters. The molecule has 0 bridgehead atoms. The number of benzene rings is 2. The van der Waals surface area contributed by atoms with Crippen LogP contribution in [0.3, 0.4) is 0 Å². The average molecular weight is 311 g/mol. The van der Waals surface area contributed by atoms with Gasteiger partial charge in [0.1, 0.15) is 5.82 Å². The molecule has 2 aromatic rings. The number of aryl methyl sites for hydroxylation is 2. The number of halogens is 1. The maximum atomic E-state index is 13.7. The van der Waals surface area contributed by atoms with Crippen LogP contribution < -0.4 is 5.32 Å².